The van der Waals surface area contributed by atoms with Crippen molar-refractivity contribution in [3.8, 4) is 0 Å². The van der Waals surface area contributed by atoms with Crippen molar-refractivity contribution < 1.29 is 0 Å². The van der Waals surface area contributed by atoms with Gasteiger partial charge in [0.25, 0.3) is 0 Å². The molecule has 0 radical (unpaired) electrons. The molecule has 3 rings (SSSR count). The quantitative estimate of drug-likeness (QED) is 0.523. The molecular weight excluding hydrogens is 134 g/mol. The molecule has 1 N–H and O–H groups in total. The zero-order valence-electron chi connectivity index (χ0n) is 7.65. The molecule has 1 nitrogen and oxygen atoms in total. The lowest BCUT2D eigenvalue weighted by atomic mass is 9.74. The fraction of sp³-hybridized carbons (Fsp3) is 0.800. The Hall–Kier alpha value is -0.300. The molecule has 0 amide bonds. The van der Waals surface area contributed by atoms with Crippen molar-refractivity contribution in [1.29, 1.82) is 0 Å². The fourth-order valence-corrected chi connectivity index (χ4v) is 1.98. The molecule has 2 heterocycles. The van der Waals surface area contributed by atoms with E-state index in [2.05, 4.69) is 32.2 Å². The maximum atomic E-state index is 3.50. The highest BCUT2D eigenvalue weighted by Gasteiger charge is 2.35. The van der Waals surface area contributed by atoms with E-state index in [-0.39, 0.29) is 0 Å². The van der Waals surface area contributed by atoms with Crippen LogP contribution in [0.25, 0.3) is 0 Å². The Morgan fingerprint density at radius 2 is 2.09 bits per heavy atom. The summed E-state index contributed by atoms with van der Waals surface area (Å²) in [6, 6.07) is 1.52. The molecule has 0 saturated carbocycles. The molecule has 0 aromatic rings. The summed E-state index contributed by atoms with van der Waals surface area (Å²) in [5.74, 6) is 0. The van der Waals surface area contributed by atoms with E-state index >= 15 is 0 Å². The third kappa shape index (κ3) is 1.22. The molecule has 62 valence electrons. The van der Waals surface area contributed by atoms with Gasteiger partial charge in [0.15, 0.2) is 0 Å². The third-order valence-electron chi connectivity index (χ3n) is 2.82. The van der Waals surface area contributed by atoms with Gasteiger partial charge in [-0.2, -0.15) is 0 Å². The lowest BCUT2D eigenvalue weighted by Crippen LogP contribution is -2.55. The standard InChI is InChI=1S/C10H17N/c1-10(2,3)7-4-8-6-9(5-7)11-8/h4,8-9,11H,5-6H2,1-3H3. The normalized spacial score (nSPS) is 36.1. The number of hydrogen-bond acceptors (Lipinski definition) is 1. The smallest absolute Gasteiger partial charge is 0.0270 e. The van der Waals surface area contributed by atoms with Crippen molar-refractivity contribution >= 4 is 0 Å². The number of nitrogens with one attached hydrogen (secondary N) is 1. The van der Waals surface area contributed by atoms with E-state index in [1.807, 2.05) is 0 Å². The van der Waals surface area contributed by atoms with Crippen LogP contribution in [0, 0.1) is 5.41 Å². The van der Waals surface area contributed by atoms with E-state index in [4.69, 9.17) is 0 Å². The summed E-state index contributed by atoms with van der Waals surface area (Å²) < 4.78 is 0. The van der Waals surface area contributed by atoms with Gasteiger partial charge < -0.3 is 5.32 Å². The van der Waals surface area contributed by atoms with Crippen molar-refractivity contribution in [2.24, 2.45) is 5.41 Å². The first-order chi connectivity index (χ1) is 5.05. The predicted molar refractivity (Wildman–Crippen MR) is 47.5 cm³/mol. The van der Waals surface area contributed by atoms with E-state index in [1.165, 1.54) is 12.8 Å². The Labute approximate surface area is 68.9 Å². The highest BCUT2D eigenvalue weighted by Crippen LogP contribution is 2.37. The largest absolute Gasteiger partial charge is 0.307 e. The third-order valence-corrected chi connectivity index (χ3v) is 2.82. The maximum Gasteiger partial charge on any atom is 0.0270 e. The molecule has 1 aliphatic carbocycles. The fourth-order valence-electron chi connectivity index (χ4n) is 1.98. The van der Waals surface area contributed by atoms with Gasteiger partial charge in [-0.25, -0.2) is 0 Å². The molecule has 1 heteroatoms. The first kappa shape index (κ1) is 7.35. The summed E-state index contributed by atoms with van der Waals surface area (Å²) in [5.41, 5.74) is 2.05. The average molecular weight is 151 g/mol. The van der Waals surface area contributed by atoms with Gasteiger partial charge in [-0.1, -0.05) is 32.4 Å². The summed E-state index contributed by atoms with van der Waals surface area (Å²) in [6.07, 6.45) is 5.08. The SMILES string of the molecule is CC(C)(C)C1=CC2CC(C1)N2. The molecule has 2 unspecified atom stereocenters. The van der Waals surface area contributed by atoms with E-state index in [0.29, 0.717) is 11.5 Å². The van der Waals surface area contributed by atoms with Crippen LogP contribution in [0.1, 0.15) is 33.6 Å². The molecule has 2 atom stereocenters. The van der Waals surface area contributed by atoms with Crippen LogP contribution in [0.2, 0.25) is 0 Å². The van der Waals surface area contributed by atoms with Crippen LogP contribution in [-0.4, -0.2) is 12.1 Å². The average Bonchev–Trinajstić information content (AvgIpc) is 1.84. The van der Waals surface area contributed by atoms with Crippen LogP contribution >= 0.6 is 0 Å². The molecule has 11 heavy (non-hydrogen) atoms. The van der Waals surface area contributed by atoms with Gasteiger partial charge in [-0.3, -0.25) is 0 Å². The summed E-state index contributed by atoms with van der Waals surface area (Å²) in [5, 5.41) is 3.50. The molecular formula is C10H17N. The van der Waals surface area contributed by atoms with E-state index in [0.717, 1.165) is 6.04 Å². The monoisotopic (exact) mass is 151 g/mol. The molecule has 1 saturated heterocycles. The van der Waals surface area contributed by atoms with Crippen LogP contribution in [-0.2, 0) is 0 Å². The van der Waals surface area contributed by atoms with Gasteiger partial charge >= 0.3 is 0 Å². The van der Waals surface area contributed by atoms with Crippen LogP contribution in [0.15, 0.2) is 11.6 Å². The Bertz CT molecular complexity index is 191. The second-order valence-electron chi connectivity index (χ2n) is 4.85. The minimum Gasteiger partial charge on any atom is -0.307 e. The zero-order valence-corrected chi connectivity index (χ0v) is 7.65. The first-order valence-electron chi connectivity index (χ1n) is 4.53. The Balaban J connectivity index is 2.16. The second kappa shape index (κ2) is 2.10. The molecule has 2 bridgehead atoms. The Kier molecular flexibility index (Phi) is 1.40. The molecule has 0 spiro atoms. The van der Waals surface area contributed by atoms with Crippen molar-refractivity contribution in [2.45, 2.75) is 45.7 Å². The van der Waals surface area contributed by atoms with E-state index in [9.17, 15) is 0 Å². The highest BCUT2D eigenvalue weighted by atomic mass is 15.0. The predicted octanol–water partition coefficient (Wildman–Crippen LogP) is 2.09. The highest BCUT2D eigenvalue weighted by molar-refractivity contribution is 5.24. The lowest BCUT2D eigenvalue weighted by Gasteiger charge is -2.44. The van der Waals surface area contributed by atoms with Crippen molar-refractivity contribution in [1.82, 2.24) is 5.32 Å². The van der Waals surface area contributed by atoms with Crippen molar-refractivity contribution in [3.05, 3.63) is 11.6 Å². The minimum atomic E-state index is 0.402. The van der Waals surface area contributed by atoms with Gasteiger partial charge in [0.1, 0.15) is 0 Å². The van der Waals surface area contributed by atoms with Crippen LogP contribution in [0.5, 0.6) is 0 Å². The van der Waals surface area contributed by atoms with Gasteiger partial charge in [0.2, 0.25) is 0 Å². The molecule has 1 fully saturated rings. The summed E-state index contributed by atoms with van der Waals surface area (Å²) in [7, 11) is 0. The van der Waals surface area contributed by atoms with Crippen molar-refractivity contribution in [3.63, 3.8) is 0 Å². The van der Waals surface area contributed by atoms with Gasteiger partial charge in [0, 0.05) is 12.1 Å². The van der Waals surface area contributed by atoms with Crippen molar-refractivity contribution in [2.75, 3.05) is 0 Å². The number of hydrogen-bond donors (Lipinski definition) is 1. The van der Waals surface area contributed by atoms with E-state index < -0.39 is 0 Å². The van der Waals surface area contributed by atoms with Gasteiger partial charge in [-0.05, 0) is 18.3 Å². The van der Waals surface area contributed by atoms with Crippen LogP contribution < -0.4 is 5.32 Å². The lowest BCUT2D eigenvalue weighted by molar-refractivity contribution is 0.261. The number of fused-ring (bicyclic) bond motifs is 1. The first-order valence-corrected chi connectivity index (χ1v) is 4.53. The van der Waals surface area contributed by atoms with Crippen LogP contribution in [0.3, 0.4) is 0 Å². The summed E-state index contributed by atoms with van der Waals surface area (Å²) in [4.78, 5) is 0. The zero-order chi connectivity index (χ0) is 8.06. The Morgan fingerprint density at radius 3 is 2.36 bits per heavy atom. The molecule has 2 aliphatic heterocycles. The van der Waals surface area contributed by atoms with Crippen LogP contribution in [0.4, 0.5) is 0 Å². The molecule has 3 aliphatic rings. The van der Waals surface area contributed by atoms with Gasteiger partial charge in [-0.15, -0.1) is 0 Å². The Morgan fingerprint density at radius 1 is 1.45 bits per heavy atom. The molecule has 0 aromatic carbocycles. The van der Waals surface area contributed by atoms with E-state index in [1.54, 1.807) is 5.57 Å². The van der Waals surface area contributed by atoms with Gasteiger partial charge in [0.05, 0.1) is 0 Å². The number of rotatable bonds is 0. The second-order valence-corrected chi connectivity index (χ2v) is 4.85. The topological polar surface area (TPSA) is 12.0 Å². The summed E-state index contributed by atoms with van der Waals surface area (Å²) >= 11 is 0. The summed E-state index contributed by atoms with van der Waals surface area (Å²) in [6.45, 7) is 6.93. The minimum absolute atomic E-state index is 0.402. The maximum absolute atomic E-state index is 3.50. The molecule has 0 aromatic heterocycles.